The summed E-state index contributed by atoms with van der Waals surface area (Å²) in [6.45, 7) is 2.18. The van der Waals surface area contributed by atoms with Gasteiger partial charge in [-0.3, -0.25) is 4.79 Å². The highest BCUT2D eigenvalue weighted by atomic mass is 35.5. The van der Waals surface area contributed by atoms with Crippen LogP contribution in [0.1, 0.15) is 50.9 Å². The van der Waals surface area contributed by atoms with E-state index in [1.807, 2.05) is 0 Å². The third kappa shape index (κ3) is 3.96. The summed E-state index contributed by atoms with van der Waals surface area (Å²) in [7, 11) is 2.85. The molecule has 1 aliphatic carbocycles. The Morgan fingerprint density at radius 1 is 1.33 bits per heavy atom. The smallest absolute Gasteiger partial charge is 0.341 e. The molecule has 0 bridgehead atoms. The highest BCUT2D eigenvalue weighted by Crippen LogP contribution is 2.41. The molecule has 1 aliphatic rings. The summed E-state index contributed by atoms with van der Waals surface area (Å²) in [5.41, 5.74) is 1.80. The summed E-state index contributed by atoms with van der Waals surface area (Å²) in [5, 5.41) is 3.83. The fourth-order valence-electron chi connectivity index (χ4n) is 3.44. The monoisotopic (exact) mass is 407 g/mol. The molecule has 0 spiro atoms. The molecule has 3 rings (SSSR count). The van der Waals surface area contributed by atoms with E-state index < -0.39 is 5.97 Å². The molecule has 1 aromatic heterocycles. The highest BCUT2D eigenvalue weighted by Gasteiger charge is 2.30. The topological polar surface area (TPSA) is 64.6 Å². The molecule has 27 heavy (non-hydrogen) atoms. The van der Waals surface area contributed by atoms with Gasteiger partial charge in [0.1, 0.15) is 10.8 Å². The number of thiophene rings is 1. The molecule has 0 fully saturated rings. The van der Waals surface area contributed by atoms with Gasteiger partial charge in [-0.25, -0.2) is 4.79 Å². The molecule has 0 unspecified atom stereocenters. The molecule has 1 aromatic carbocycles. The molecule has 0 aliphatic heterocycles. The standard InChI is InChI=1S/C20H22ClNO4S/c1-4-11-5-7-13-16(9-11)27-19(17(13)20(24)26-3)22-18(23)14-10-12(21)6-8-15(14)25-2/h6,8,10-11H,4-5,7,9H2,1-3H3,(H,22,23)/t11-/m0/s1. The zero-order chi connectivity index (χ0) is 19.6. The van der Waals surface area contributed by atoms with Crippen molar-refractivity contribution in [3.05, 3.63) is 44.8 Å². The van der Waals surface area contributed by atoms with Crippen molar-refractivity contribution in [1.29, 1.82) is 0 Å². The van der Waals surface area contributed by atoms with Crippen LogP contribution in [0.5, 0.6) is 5.75 Å². The maximum absolute atomic E-state index is 12.8. The number of amides is 1. The van der Waals surface area contributed by atoms with Crippen LogP contribution in [-0.2, 0) is 17.6 Å². The van der Waals surface area contributed by atoms with Crippen LogP contribution in [0.2, 0.25) is 5.02 Å². The average molecular weight is 408 g/mol. The van der Waals surface area contributed by atoms with Gasteiger partial charge in [0.25, 0.3) is 5.91 Å². The van der Waals surface area contributed by atoms with Crippen molar-refractivity contribution in [3.63, 3.8) is 0 Å². The van der Waals surface area contributed by atoms with Gasteiger partial charge in [0.2, 0.25) is 0 Å². The number of anilines is 1. The van der Waals surface area contributed by atoms with Gasteiger partial charge in [0.05, 0.1) is 25.3 Å². The van der Waals surface area contributed by atoms with Gasteiger partial charge >= 0.3 is 5.97 Å². The normalized spacial score (nSPS) is 15.8. The van der Waals surface area contributed by atoms with E-state index in [1.165, 1.54) is 25.6 Å². The number of esters is 1. The number of nitrogens with one attached hydrogen (secondary N) is 1. The Labute approximate surface area is 167 Å². The number of hydrogen-bond acceptors (Lipinski definition) is 5. The molecule has 2 aromatic rings. The van der Waals surface area contributed by atoms with E-state index in [4.69, 9.17) is 21.1 Å². The number of carbonyl (C=O) groups is 2. The number of halogens is 1. The zero-order valence-electron chi connectivity index (χ0n) is 15.6. The van der Waals surface area contributed by atoms with Gasteiger partial charge in [-0.15, -0.1) is 11.3 Å². The second-order valence-electron chi connectivity index (χ2n) is 6.52. The predicted molar refractivity (Wildman–Crippen MR) is 107 cm³/mol. The molecule has 1 N–H and O–H groups in total. The summed E-state index contributed by atoms with van der Waals surface area (Å²) in [4.78, 5) is 26.4. The van der Waals surface area contributed by atoms with E-state index >= 15 is 0 Å². The van der Waals surface area contributed by atoms with E-state index in [9.17, 15) is 9.59 Å². The lowest BCUT2D eigenvalue weighted by Crippen LogP contribution is -2.17. The van der Waals surface area contributed by atoms with Crippen LogP contribution in [0.4, 0.5) is 5.00 Å². The van der Waals surface area contributed by atoms with Gasteiger partial charge in [-0.05, 0) is 48.9 Å². The number of rotatable bonds is 5. The fourth-order valence-corrected chi connectivity index (χ4v) is 4.95. The number of ether oxygens (including phenoxy) is 2. The van der Waals surface area contributed by atoms with E-state index in [0.717, 1.165) is 36.1 Å². The first-order valence-corrected chi connectivity index (χ1v) is 10.1. The van der Waals surface area contributed by atoms with E-state index in [-0.39, 0.29) is 5.91 Å². The van der Waals surface area contributed by atoms with Gasteiger partial charge < -0.3 is 14.8 Å². The minimum Gasteiger partial charge on any atom is -0.496 e. The molecule has 7 heteroatoms. The van der Waals surface area contributed by atoms with Crippen molar-refractivity contribution in [1.82, 2.24) is 0 Å². The van der Waals surface area contributed by atoms with Crippen LogP contribution in [-0.4, -0.2) is 26.1 Å². The average Bonchev–Trinajstić information content (AvgIpc) is 3.03. The fraction of sp³-hybridized carbons (Fsp3) is 0.400. The van der Waals surface area contributed by atoms with Crippen molar-refractivity contribution in [2.75, 3.05) is 19.5 Å². The van der Waals surface area contributed by atoms with Gasteiger partial charge in [-0.1, -0.05) is 24.9 Å². The summed E-state index contributed by atoms with van der Waals surface area (Å²) in [5.74, 6) is 0.239. The molecule has 144 valence electrons. The Hall–Kier alpha value is -2.05. The minimum absolute atomic E-state index is 0.318. The van der Waals surface area contributed by atoms with Crippen LogP contribution in [0.3, 0.4) is 0 Å². The Bertz CT molecular complexity index is 877. The molecule has 1 amide bonds. The summed E-state index contributed by atoms with van der Waals surface area (Å²) >= 11 is 7.49. The van der Waals surface area contributed by atoms with Crippen LogP contribution >= 0.6 is 22.9 Å². The Morgan fingerprint density at radius 3 is 2.78 bits per heavy atom. The largest absolute Gasteiger partial charge is 0.496 e. The number of benzene rings is 1. The molecule has 0 saturated carbocycles. The molecule has 5 nitrogen and oxygen atoms in total. The van der Waals surface area contributed by atoms with Crippen LogP contribution in [0.15, 0.2) is 18.2 Å². The summed E-state index contributed by atoms with van der Waals surface area (Å²) in [6.07, 6.45) is 3.90. The van der Waals surface area contributed by atoms with Crippen LogP contribution in [0.25, 0.3) is 0 Å². The third-order valence-corrected chi connectivity index (χ3v) is 6.37. The molecule has 0 saturated heterocycles. The predicted octanol–water partition coefficient (Wildman–Crippen LogP) is 4.96. The number of methoxy groups -OCH3 is 2. The second kappa shape index (κ2) is 8.31. The van der Waals surface area contributed by atoms with Gasteiger partial charge in [0, 0.05) is 9.90 Å². The molecular formula is C20H22ClNO4S. The lowest BCUT2D eigenvalue weighted by molar-refractivity contribution is 0.0601. The lowest BCUT2D eigenvalue weighted by atomic mass is 9.85. The van der Waals surface area contributed by atoms with Crippen molar-refractivity contribution in [2.45, 2.75) is 32.6 Å². The highest BCUT2D eigenvalue weighted by molar-refractivity contribution is 7.17. The first-order valence-electron chi connectivity index (χ1n) is 8.86. The van der Waals surface area contributed by atoms with Gasteiger partial charge in [-0.2, -0.15) is 0 Å². The molecule has 1 heterocycles. The number of carbonyl (C=O) groups excluding carboxylic acids is 2. The molecular weight excluding hydrogens is 386 g/mol. The van der Waals surface area contributed by atoms with Crippen molar-refractivity contribution >= 4 is 39.8 Å². The van der Waals surface area contributed by atoms with Crippen LogP contribution in [0, 0.1) is 5.92 Å². The van der Waals surface area contributed by atoms with Crippen molar-refractivity contribution in [2.24, 2.45) is 5.92 Å². The number of hydrogen-bond donors (Lipinski definition) is 1. The van der Waals surface area contributed by atoms with Crippen molar-refractivity contribution < 1.29 is 19.1 Å². The van der Waals surface area contributed by atoms with Gasteiger partial charge in [0.15, 0.2) is 0 Å². The quantitative estimate of drug-likeness (QED) is 0.711. The van der Waals surface area contributed by atoms with E-state index in [1.54, 1.807) is 18.2 Å². The maximum Gasteiger partial charge on any atom is 0.341 e. The SMILES string of the molecule is CC[C@H]1CCc2c(sc(NC(=O)c3cc(Cl)ccc3OC)c2C(=O)OC)C1. The molecule has 0 radical (unpaired) electrons. The lowest BCUT2D eigenvalue weighted by Gasteiger charge is -2.20. The Morgan fingerprint density at radius 2 is 2.11 bits per heavy atom. The molecule has 1 atom stereocenters. The summed E-state index contributed by atoms with van der Waals surface area (Å²) < 4.78 is 10.2. The summed E-state index contributed by atoms with van der Waals surface area (Å²) in [6, 6.07) is 4.85. The maximum atomic E-state index is 12.8. The van der Waals surface area contributed by atoms with E-state index in [0.29, 0.717) is 32.8 Å². The van der Waals surface area contributed by atoms with Crippen LogP contribution < -0.4 is 10.1 Å². The van der Waals surface area contributed by atoms with Crippen molar-refractivity contribution in [3.8, 4) is 5.75 Å². The zero-order valence-corrected chi connectivity index (χ0v) is 17.1. The Kier molecular flexibility index (Phi) is 6.07. The number of fused-ring (bicyclic) bond motifs is 1. The Balaban J connectivity index is 1.97. The third-order valence-electron chi connectivity index (χ3n) is 4.97. The second-order valence-corrected chi connectivity index (χ2v) is 8.06. The van der Waals surface area contributed by atoms with E-state index in [2.05, 4.69) is 12.2 Å². The minimum atomic E-state index is -0.421. The first-order chi connectivity index (χ1) is 13.0. The first kappa shape index (κ1) is 19.7.